The Morgan fingerprint density at radius 3 is 2.05 bits per heavy atom. The molecule has 1 aromatic carbocycles. The van der Waals surface area contributed by atoms with E-state index in [1.165, 1.54) is 24.3 Å². The highest BCUT2D eigenvalue weighted by atomic mass is 35.5. The summed E-state index contributed by atoms with van der Waals surface area (Å²) < 4.78 is 0. The van der Waals surface area contributed by atoms with Crippen molar-refractivity contribution in [2.45, 2.75) is 32.2 Å². The molecule has 22 heavy (non-hydrogen) atoms. The number of likely N-dealkylation sites (N-methyl/N-ethyl adjacent to an activating group) is 1. The van der Waals surface area contributed by atoms with Crippen molar-refractivity contribution in [2.75, 3.05) is 6.54 Å². The Labute approximate surface area is 133 Å². The summed E-state index contributed by atoms with van der Waals surface area (Å²) in [5.41, 5.74) is -1.52. The number of carboxylic acid groups (broad SMARTS) is 2. The maximum Gasteiger partial charge on any atom is 0.330 e. The van der Waals surface area contributed by atoms with Gasteiger partial charge in [-0.1, -0.05) is 18.5 Å². The van der Waals surface area contributed by atoms with Gasteiger partial charge in [0.1, 0.15) is 0 Å². The van der Waals surface area contributed by atoms with Gasteiger partial charge in [0, 0.05) is 17.1 Å². The van der Waals surface area contributed by atoms with Gasteiger partial charge in [-0.15, -0.1) is 0 Å². The maximum atomic E-state index is 12.6. The molecule has 1 amide bonds. The van der Waals surface area contributed by atoms with E-state index in [2.05, 4.69) is 0 Å². The minimum atomic E-state index is -1.78. The third-order valence-electron chi connectivity index (χ3n) is 3.60. The highest BCUT2D eigenvalue weighted by Gasteiger charge is 2.46. The van der Waals surface area contributed by atoms with E-state index in [1.807, 2.05) is 0 Å². The number of carbonyl (C=O) groups excluding carboxylic acids is 1. The van der Waals surface area contributed by atoms with Crippen LogP contribution in [0.25, 0.3) is 0 Å². The molecule has 0 unspecified atom stereocenters. The quantitative estimate of drug-likeness (QED) is 0.802. The first-order valence-corrected chi connectivity index (χ1v) is 7.19. The third-order valence-corrected chi connectivity index (χ3v) is 3.85. The van der Waals surface area contributed by atoms with Gasteiger partial charge in [-0.3, -0.25) is 9.59 Å². The molecule has 2 N–H and O–H groups in total. The summed E-state index contributed by atoms with van der Waals surface area (Å²) >= 11 is 5.77. The van der Waals surface area contributed by atoms with Gasteiger partial charge >= 0.3 is 11.9 Å². The zero-order valence-electron chi connectivity index (χ0n) is 12.4. The van der Waals surface area contributed by atoms with Gasteiger partial charge < -0.3 is 15.1 Å². The monoisotopic (exact) mass is 327 g/mol. The topological polar surface area (TPSA) is 94.9 Å². The molecule has 0 saturated heterocycles. The molecule has 1 rings (SSSR count). The van der Waals surface area contributed by atoms with E-state index in [1.54, 1.807) is 13.8 Å². The zero-order chi connectivity index (χ0) is 16.9. The number of amides is 1. The molecule has 0 bridgehead atoms. The van der Waals surface area contributed by atoms with E-state index < -0.39 is 29.8 Å². The first kappa shape index (κ1) is 18.0. The number of benzene rings is 1. The molecule has 120 valence electrons. The molecule has 1 aromatic rings. The van der Waals surface area contributed by atoms with Crippen LogP contribution in [0.5, 0.6) is 0 Å². The number of carbonyl (C=O) groups is 3. The van der Waals surface area contributed by atoms with Crippen molar-refractivity contribution >= 4 is 29.4 Å². The molecule has 0 aliphatic rings. The Morgan fingerprint density at radius 1 is 1.14 bits per heavy atom. The number of hydrogen-bond acceptors (Lipinski definition) is 3. The number of carboxylic acids is 2. The van der Waals surface area contributed by atoms with Gasteiger partial charge in [-0.2, -0.15) is 0 Å². The fraction of sp³-hybridized carbons (Fsp3) is 0.400. The van der Waals surface area contributed by atoms with Crippen molar-refractivity contribution < 1.29 is 24.6 Å². The summed E-state index contributed by atoms with van der Waals surface area (Å²) in [4.78, 5) is 36.5. The fourth-order valence-corrected chi connectivity index (χ4v) is 2.52. The van der Waals surface area contributed by atoms with Crippen molar-refractivity contribution in [2.24, 2.45) is 0 Å². The molecule has 0 aliphatic heterocycles. The number of aliphatic carboxylic acids is 2. The number of halogens is 1. The smallest absolute Gasteiger partial charge is 0.330 e. The van der Waals surface area contributed by atoms with E-state index in [9.17, 15) is 19.5 Å². The van der Waals surface area contributed by atoms with Crippen LogP contribution in [-0.2, 0) is 9.59 Å². The van der Waals surface area contributed by atoms with Crippen LogP contribution < -0.4 is 0 Å². The average Bonchev–Trinajstić information content (AvgIpc) is 2.46. The highest BCUT2D eigenvalue weighted by molar-refractivity contribution is 6.30. The average molecular weight is 328 g/mol. The third kappa shape index (κ3) is 3.57. The summed E-state index contributed by atoms with van der Waals surface area (Å²) in [6, 6.07) is 6.01. The molecule has 0 aliphatic carbocycles. The molecule has 0 radical (unpaired) electrons. The Bertz CT molecular complexity index is 572. The second kappa shape index (κ2) is 7.26. The number of hydrogen-bond donors (Lipinski definition) is 2. The first-order valence-electron chi connectivity index (χ1n) is 6.81. The molecule has 0 spiro atoms. The molecule has 0 saturated carbocycles. The molecule has 1 atom stereocenters. The SMILES string of the molecule is CCN(C(=O)c1ccc(Cl)cc1)[C@@](CC)(CC(=O)O)C(=O)O. The van der Waals surface area contributed by atoms with E-state index in [0.717, 1.165) is 4.90 Å². The number of nitrogens with zero attached hydrogens (tertiary/aromatic N) is 1. The molecule has 0 aromatic heterocycles. The van der Waals surface area contributed by atoms with Gasteiger partial charge in [0.25, 0.3) is 5.91 Å². The normalized spacial score (nSPS) is 13.2. The molecule has 7 heteroatoms. The van der Waals surface area contributed by atoms with Gasteiger partial charge in [-0.25, -0.2) is 4.79 Å². The van der Waals surface area contributed by atoms with Gasteiger partial charge in [-0.05, 0) is 37.6 Å². The van der Waals surface area contributed by atoms with Crippen LogP contribution in [0.15, 0.2) is 24.3 Å². The Hall–Kier alpha value is -2.08. The lowest BCUT2D eigenvalue weighted by atomic mass is 9.89. The van der Waals surface area contributed by atoms with Crippen LogP contribution in [-0.4, -0.2) is 45.0 Å². The van der Waals surface area contributed by atoms with E-state index in [0.29, 0.717) is 5.02 Å². The molecule has 6 nitrogen and oxygen atoms in total. The minimum Gasteiger partial charge on any atom is -0.481 e. The predicted octanol–water partition coefficient (Wildman–Crippen LogP) is 2.51. The summed E-state index contributed by atoms with van der Waals surface area (Å²) in [5.74, 6) is -3.14. The Kier molecular flexibility index (Phi) is 5.93. The molecule has 0 fully saturated rings. The fourth-order valence-electron chi connectivity index (χ4n) is 2.39. The minimum absolute atomic E-state index is 0.0121. The molecule has 0 heterocycles. The summed E-state index contributed by atoms with van der Waals surface area (Å²) in [6.45, 7) is 3.24. The second-order valence-electron chi connectivity index (χ2n) is 4.82. The van der Waals surface area contributed by atoms with Crippen LogP contribution in [0.3, 0.4) is 0 Å². The van der Waals surface area contributed by atoms with Crippen molar-refractivity contribution in [3.63, 3.8) is 0 Å². The van der Waals surface area contributed by atoms with E-state index >= 15 is 0 Å². The summed E-state index contributed by atoms with van der Waals surface area (Å²) in [6.07, 6.45) is -0.673. The van der Waals surface area contributed by atoms with Gasteiger partial charge in [0.2, 0.25) is 0 Å². The van der Waals surface area contributed by atoms with Crippen LogP contribution >= 0.6 is 11.6 Å². The van der Waals surface area contributed by atoms with Gasteiger partial charge in [0.05, 0.1) is 6.42 Å². The van der Waals surface area contributed by atoms with E-state index in [4.69, 9.17) is 16.7 Å². The van der Waals surface area contributed by atoms with Crippen molar-refractivity contribution in [1.82, 2.24) is 4.90 Å². The van der Waals surface area contributed by atoms with Crippen molar-refractivity contribution in [3.05, 3.63) is 34.9 Å². The summed E-state index contributed by atoms with van der Waals surface area (Å²) in [7, 11) is 0. The largest absolute Gasteiger partial charge is 0.481 e. The zero-order valence-corrected chi connectivity index (χ0v) is 13.1. The van der Waals surface area contributed by atoms with E-state index in [-0.39, 0.29) is 18.5 Å². The van der Waals surface area contributed by atoms with Crippen molar-refractivity contribution in [3.8, 4) is 0 Å². The van der Waals surface area contributed by atoms with Crippen LogP contribution in [0.2, 0.25) is 5.02 Å². The van der Waals surface area contributed by atoms with Crippen LogP contribution in [0.4, 0.5) is 0 Å². The lowest BCUT2D eigenvalue weighted by Gasteiger charge is -2.38. The van der Waals surface area contributed by atoms with Gasteiger partial charge in [0.15, 0.2) is 5.54 Å². The Morgan fingerprint density at radius 2 is 1.68 bits per heavy atom. The second-order valence-corrected chi connectivity index (χ2v) is 5.25. The van der Waals surface area contributed by atoms with Crippen LogP contribution in [0.1, 0.15) is 37.0 Å². The maximum absolute atomic E-state index is 12.6. The predicted molar refractivity (Wildman–Crippen MR) is 81.1 cm³/mol. The lowest BCUT2D eigenvalue weighted by molar-refractivity contribution is -0.156. The first-order chi connectivity index (χ1) is 10.3. The molecular weight excluding hydrogens is 310 g/mol. The lowest BCUT2D eigenvalue weighted by Crippen LogP contribution is -2.57. The Balaban J connectivity index is 3.29. The highest BCUT2D eigenvalue weighted by Crippen LogP contribution is 2.27. The summed E-state index contributed by atoms with van der Waals surface area (Å²) in [5, 5.41) is 19.0. The standard InChI is InChI=1S/C15H18ClNO5/c1-3-15(14(21)22,9-12(18)19)17(4-2)13(20)10-5-7-11(16)8-6-10/h5-8H,3-4,9H2,1-2H3,(H,18,19)(H,21,22)/t15-/m0/s1. The van der Waals surface area contributed by atoms with Crippen molar-refractivity contribution in [1.29, 1.82) is 0 Å². The molecular formula is C15H18ClNO5. The van der Waals surface area contributed by atoms with Crippen LogP contribution in [0, 0.1) is 0 Å². The number of rotatable bonds is 7.